The number of ether oxygens (including phenoxy) is 1. The molecule has 0 aliphatic carbocycles. The zero-order chi connectivity index (χ0) is 14.5. The van der Waals surface area contributed by atoms with Gasteiger partial charge < -0.3 is 15.2 Å². The summed E-state index contributed by atoms with van der Waals surface area (Å²) in [6, 6.07) is 6.02. The third-order valence-corrected chi connectivity index (χ3v) is 3.50. The first kappa shape index (κ1) is 15.5. The van der Waals surface area contributed by atoms with Gasteiger partial charge in [0.15, 0.2) is 0 Å². The van der Waals surface area contributed by atoms with Crippen LogP contribution >= 0.6 is 0 Å². The maximum absolute atomic E-state index is 11.1. The van der Waals surface area contributed by atoms with Crippen LogP contribution in [0.2, 0.25) is 0 Å². The van der Waals surface area contributed by atoms with Gasteiger partial charge in [0.05, 0.1) is 6.61 Å². The Morgan fingerprint density at radius 3 is 2.42 bits per heavy atom. The molecule has 2 N–H and O–H groups in total. The standard InChI is InChI=1S/C15H23NO3/c1-11-7-5-8-12(2)13(11)19-10-6-9-15(3,16-4)14(17)18/h5,7-8,16H,6,9-10H2,1-4H3,(H,17,18). The smallest absolute Gasteiger partial charge is 0.323 e. The Balaban J connectivity index is 2.49. The first-order valence-electron chi connectivity index (χ1n) is 6.52. The average Bonchev–Trinajstić information content (AvgIpc) is 2.36. The van der Waals surface area contributed by atoms with Gasteiger partial charge in [0.2, 0.25) is 0 Å². The molecule has 1 aromatic rings. The van der Waals surface area contributed by atoms with E-state index < -0.39 is 11.5 Å². The highest BCUT2D eigenvalue weighted by Crippen LogP contribution is 2.23. The fraction of sp³-hybridized carbons (Fsp3) is 0.533. The molecule has 0 saturated carbocycles. The van der Waals surface area contributed by atoms with Gasteiger partial charge >= 0.3 is 5.97 Å². The Morgan fingerprint density at radius 2 is 1.95 bits per heavy atom. The maximum Gasteiger partial charge on any atom is 0.323 e. The van der Waals surface area contributed by atoms with Crippen LogP contribution in [0.3, 0.4) is 0 Å². The molecule has 0 aliphatic rings. The number of carboxylic acid groups (broad SMARTS) is 1. The highest BCUT2D eigenvalue weighted by atomic mass is 16.5. The van der Waals surface area contributed by atoms with Gasteiger partial charge in [0, 0.05) is 0 Å². The summed E-state index contributed by atoms with van der Waals surface area (Å²) in [4.78, 5) is 11.1. The number of rotatable bonds is 7. The Kier molecular flexibility index (Phi) is 5.36. The van der Waals surface area contributed by atoms with E-state index in [4.69, 9.17) is 9.84 Å². The molecule has 4 nitrogen and oxygen atoms in total. The lowest BCUT2D eigenvalue weighted by molar-refractivity contribution is -0.144. The van der Waals surface area contributed by atoms with E-state index in [2.05, 4.69) is 5.32 Å². The van der Waals surface area contributed by atoms with Crippen molar-refractivity contribution in [3.63, 3.8) is 0 Å². The molecule has 0 heterocycles. The van der Waals surface area contributed by atoms with Crippen molar-refractivity contribution in [3.8, 4) is 5.75 Å². The average molecular weight is 265 g/mol. The highest BCUT2D eigenvalue weighted by Gasteiger charge is 2.30. The van der Waals surface area contributed by atoms with Crippen molar-refractivity contribution in [1.82, 2.24) is 5.32 Å². The first-order valence-corrected chi connectivity index (χ1v) is 6.52. The van der Waals surface area contributed by atoms with Gasteiger partial charge in [-0.3, -0.25) is 4.79 Å². The molecule has 0 radical (unpaired) electrons. The highest BCUT2D eigenvalue weighted by molar-refractivity contribution is 5.78. The second-order valence-corrected chi connectivity index (χ2v) is 5.06. The Labute approximate surface area is 114 Å². The van der Waals surface area contributed by atoms with E-state index in [1.165, 1.54) is 0 Å². The summed E-state index contributed by atoms with van der Waals surface area (Å²) in [5.41, 5.74) is 1.33. The molecular weight excluding hydrogens is 242 g/mol. The van der Waals surface area contributed by atoms with Crippen molar-refractivity contribution in [2.45, 2.75) is 39.2 Å². The van der Waals surface area contributed by atoms with E-state index in [9.17, 15) is 4.79 Å². The molecule has 0 fully saturated rings. The molecule has 0 aliphatic heterocycles. The number of carboxylic acids is 1. The SMILES string of the molecule is CNC(C)(CCCOc1c(C)cccc1C)C(=O)O. The van der Waals surface area contributed by atoms with Crippen LogP contribution in [0.5, 0.6) is 5.75 Å². The Morgan fingerprint density at radius 1 is 1.37 bits per heavy atom. The van der Waals surface area contributed by atoms with E-state index in [1.807, 2.05) is 32.0 Å². The minimum atomic E-state index is -0.885. The normalized spacial score (nSPS) is 13.9. The van der Waals surface area contributed by atoms with Crippen molar-refractivity contribution in [2.24, 2.45) is 0 Å². The zero-order valence-corrected chi connectivity index (χ0v) is 12.1. The predicted octanol–water partition coefficient (Wildman–Crippen LogP) is 2.53. The Hall–Kier alpha value is -1.55. The molecule has 0 spiro atoms. The van der Waals surface area contributed by atoms with Crippen LogP contribution in [0.15, 0.2) is 18.2 Å². The topological polar surface area (TPSA) is 58.6 Å². The second-order valence-electron chi connectivity index (χ2n) is 5.06. The summed E-state index contributed by atoms with van der Waals surface area (Å²) in [5.74, 6) is 0.0751. The molecule has 4 heteroatoms. The summed E-state index contributed by atoms with van der Waals surface area (Å²) < 4.78 is 5.77. The van der Waals surface area contributed by atoms with Gasteiger partial charge in [-0.05, 0) is 51.8 Å². The van der Waals surface area contributed by atoms with Crippen LogP contribution in [0.25, 0.3) is 0 Å². The molecule has 1 aromatic carbocycles. The van der Waals surface area contributed by atoms with Crippen molar-refractivity contribution >= 4 is 5.97 Å². The first-order chi connectivity index (χ1) is 8.90. The van der Waals surface area contributed by atoms with Crippen molar-refractivity contribution < 1.29 is 14.6 Å². The number of nitrogens with one attached hydrogen (secondary N) is 1. The number of likely N-dealkylation sites (N-methyl/N-ethyl adjacent to an activating group) is 1. The molecule has 106 valence electrons. The summed E-state index contributed by atoms with van der Waals surface area (Å²) in [6.07, 6.45) is 1.22. The van der Waals surface area contributed by atoms with Crippen LogP contribution in [0, 0.1) is 13.8 Å². The molecule has 0 saturated heterocycles. The molecular formula is C15H23NO3. The van der Waals surface area contributed by atoms with E-state index >= 15 is 0 Å². The van der Waals surface area contributed by atoms with Gasteiger partial charge in [-0.2, -0.15) is 0 Å². The van der Waals surface area contributed by atoms with Gasteiger partial charge in [-0.1, -0.05) is 18.2 Å². The summed E-state index contributed by atoms with van der Waals surface area (Å²) in [7, 11) is 1.67. The van der Waals surface area contributed by atoms with Crippen molar-refractivity contribution in [3.05, 3.63) is 29.3 Å². The van der Waals surface area contributed by atoms with E-state index in [1.54, 1.807) is 14.0 Å². The van der Waals surface area contributed by atoms with Crippen LogP contribution in [0.1, 0.15) is 30.9 Å². The van der Waals surface area contributed by atoms with E-state index in [0.29, 0.717) is 19.4 Å². The summed E-state index contributed by atoms with van der Waals surface area (Å²) in [6.45, 7) is 6.24. The third-order valence-electron chi connectivity index (χ3n) is 3.50. The number of benzene rings is 1. The fourth-order valence-electron chi connectivity index (χ4n) is 1.97. The predicted molar refractivity (Wildman–Crippen MR) is 75.7 cm³/mol. The molecule has 1 rings (SSSR count). The minimum Gasteiger partial charge on any atom is -0.493 e. The molecule has 1 atom stereocenters. The van der Waals surface area contributed by atoms with Crippen LogP contribution < -0.4 is 10.1 Å². The molecule has 0 amide bonds. The summed E-state index contributed by atoms with van der Waals surface area (Å²) in [5, 5.41) is 12.0. The summed E-state index contributed by atoms with van der Waals surface area (Å²) >= 11 is 0. The lowest BCUT2D eigenvalue weighted by Gasteiger charge is -2.24. The number of aliphatic carboxylic acids is 1. The van der Waals surface area contributed by atoms with Crippen molar-refractivity contribution in [1.29, 1.82) is 0 Å². The van der Waals surface area contributed by atoms with E-state index in [-0.39, 0.29) is 0 Å². The largest absolute Gasteiger partial charge is 0.493 e. The molecule has 1 unspecified atom stereocenters. The second kappa shape index (κ2) is 6.57. The molecule has 0 bridgehead atoms. The van der Waals surface area contributed by atoms with Gasteiger partial charge in [-0.15, -0.1) is 0 Å². The number of aryl methyl sites for hydroxylation is 2. The maximum atomic E-state index is 11.1. The van der Waals surface area contributed by atoms with Gasteiger partial charge in [0.1, 0.15) is 11.3 Å². The quantitative estimate of drug-likeness (QED) is 0.744. The van der Waals surface area contributed by atoms with Crippen molar-refractivity contribution in [2.75, 3.05) is 13.7 Å². The van der Waals surface area contributed by atoms with E-state index in [0.717, 1.165) is 16.9 Å². The number of hydrogen-bond acceptors (Lipinski definition) is 3. The monoisotopic (exact) mass is 265 g/mol. The number of hydrogen-bond donors (Lipinski definition) is 2. The number of carbonyl (C=O) groups is 1. The van der Waals surface area contributed by atoms with Gasteiger partial charge in [0.25, 0.3) is 0 Å². The third kappa shape index (κ3) is 3.96. The minimum absolute atomic E-state index is 0.524. The van der Waals surface area contributed by atoms with Crippen LogP contribution in [-0.2, 0) is 4.79 Å². The Bertz CT molecular complexity index is 425. The zero-order valence-electron chi connectivity index (χ0n) is 12.1. The van der Waals surface area contributed by atoms with Crippen LogP contribution in [0.4, 0.5) is 0 Å². The lowest BCUT2D eigenvalue weighted by Crippen LogP contribution is -2.47. The fourth-order valence-corrected chi connectivity index (χ4v) is 1.97. The molecule has 19 heavy (non-hydrogen) atoms. The van der Waals surface area contributed by atoms with Gasteiger partial charge in [-0.25, -0.2) is 0 Å². The molecule has 0 aromatic heterocycles. The lowest BCUT2D eigenvalue weighted by atomic mass is 9.96. The number of para-hydroxylation sites is 1. The van der Waals surface area contributed by atoms with Crippen LogP contribution in [-0.4, -0.2) is 30.3 Å².